The van der Waals surface area contributed by atoms with Gasteiger partial charge in [0.05, 0.1) is 17.3 Å². The zero-order chi connectivity index (χ0) is 12.0. The van der Waals surface area contributed by atoms with Crippen LogP contribution in [-0.2, 0) is 0 Å². The lowest BCUT2D eigenvalue weighted by Gasteiger charge is -2.00. The van der Waals surface area contributed by atoms with Gasteiger partial charge < -0.3 is 5.73 Å². The highest BCUT2D eigenvalue weighted by Crippen LogP contribution is 2.09. The molecule has 0 aliphatic carbocycles. The molecule has 78 valence electrons. The normalized spacial score (nSPS) is 10.0. The van der Waals surface area contributed by atoms with Gasteiger partial charge in [-0.15, -0.1) is 0 Å². The Balaban J connectivity index is 2.86. The number of nitrogens with two attached hydrogens (primary N) is 1. The van der Waals surface area contributed by atoms with Crippen LogP contribution < -0.4 is 11.2 Å². The van der Waals surface area contributed by atoms with E-state index in [0.29, 0.717) is 11.3 Å². The Bertz CT molecular complexity index is 521. The largest absolute Gasteiger partial charge is 0.387 e. The van der Waals surface area contributed by atoms with Gasteiger partial charge in [-0.3, -0.25) is 5.43 Å². The van der Waals surface area contributed by atoms with Gasteiger partial charge in [-0.1, -0.05) is 18.3 Å². The smallest absolute Gasteiger partial charge is 0.194 e. The summed E-state index contributed by atoms with van der Waals surface area (Å²) in [5.41, 5.74) is 8.87. The number of hydrogen-bond acceptors (Lipinski definition) is 5. The Morgan fingerprint density at radius 1 is 1.44 bits per heavy atom. The average Bonchev–Trinajstić information content (AvgIpc) is 2.29. The molecule has 0 atom stereocenters. The molecule has 1 aromatic rings. The van der Waals surface area contributed by atoms with Crippen molar-refractivity contribution in [1.29, 1.82) is 10.5 Å². The van der Waals surface area contributed by atoms with E-state index in [1.165, 1.54) is 0 Å². The molecule has 0 heterocycles. The van der Waals surface area contributed by atoms with E-state index in [1.54, 1.807) is 30.3 Å². The number of hydrazone groups is 1. The molecular weight excluding hydrogens is 222 g/mol. The minimum atomic E-state index is -0.0774. The second-order valence-electron chi connectivity index (χ2n) is 2.74. The topological polar surface area (TPSA) is 98.0 Å². The van der Waals surface area contributed by atoms with E-state index in [9.17, 15) is 0 Å². The van der Waals surface area contributed by atoms with Crippen molar-refractivity contribution in [2.24, 2.45) is 10.8 Å². The summed E-state index contributed by atoms with van der Waals surface area (Å²) in [6.45, 7) is 0. The molecule has 0 saturated carbocycles. The van der Waals surface area contributed by atoms with Crippen molar-refractivity contribution >= 4 is 28.6 Å². The molecule has 0 saturated heterocycles. The van der Waals surface area contributed by atoms with E-state index in [2.05, 4.69) is 22.7 Å². The van der Waals surface area contributed by atoms with Crippen molar-refractivity contribution in [1.82, 2.24) is 0 Å². The molecule has 0 aliphatic heterocycles. The van der Waals surface area contributed by atoms with Crippen LogP contribution in [0.4, 0.5) is 5.69 Å². The quantitative estimate of drug-likeness (QED) is 0.460. The number of anilines is 1. The molecular formula is C10H7N5S. The van der Waals surface area contributed by atoms with Crippen LogP contribution in [0, 0.1) is 22.7 Å². The Kier molecular flexibility index (Phi) is 3.96. The fraction of sp³-hybridized carbons (Fsp3) is 0. The fourth-order valence-electron chi connectivity index (χ4n) is 0.914. The lowest BCUT2D eigenvalue weighted by atomic mass is 10.2. The molecule has 0 radical (unpaired) electrons. The summed E-state index contributed by atoms with van der Waals surface area (Å²) in [7, 11) is 0. The second kappa shape index (κ2) is 5.44. The zero-order valence-electron chi connectivity index (χ0n) is 8.14. The summed E-state index contributed by atoms with van der Waals surface area (Å²) in [6.07, 6.45) is 0. The van der Waals surface area contributed by atoms with Crippen LogP contribution in [0.5, 0.6) is 0 Å². The Hall–Kier alpha value is -2.44. The van der Waals surface area contributed by atoms with Gasteiger partial charge in [0.2, 0.25) is 0 Å². The first-order valence-corrected chi connectivity index (χ1v) is 4.62. The van der Waals surface area contributed by atoms with Crippen LogP contribution in [0.25, 0.3) is 0 Å². The van der Waals surface area contributed by atoms with Gasteiger partial charge in [0.1, 0.15) is 11.1 Å². The number of nitrogens with one attached hydrogen (secondary N) is 1. The van der Waals surface area contributed by atoms with Crippen molar-refractivity contribution in [3.63, 3.8) is 0 Å². The molecule has 16 heavy (non-hydrogen) atoms. The van der Waals surface area contributed by atoms with Gasteiger partial charge in [0.15, 0.2) is 5.71 Å². The predicted molar refractivity (Wildman–Crippen MR) is 64.6 cm³/mol. The Labute approximate surface area is 97.8 Å². The summed E-state index contributed by atoms with van der Waals surface area (Å²) >= 11 is 4.61. The number of benzene rings is 1. The average molecular weight is 229 g/mol. The summed E-state index contributed by atoms with van der Waals surface area (Å²) in [4.78, 5) is -0.0774. The molecule has 0 aliphatic rings. The van der Waals surface area contributed by atoms with Crippen LogP contribution in [0.1, 0.15) is 5.56 Å². The van der Waals surface area contributed by atoms with Crippen molar-refractivity contribution in [2.45, 2.75) is 0 Å². The van der Waals surface area contributed by atoms with Gasteiger partial charge in [-0.2, -0.15) is 15.6 Å². The monoisotopic (exact) mass is 229 g/mol. The highest BCUT2D eigenvalue weighted by Gasteiger charge is 2.00. The molecule has 6 heteroatoms. The summed E-state index contributed by atoms with van der Waals surface area (Å²) in [5, 5.41) is 21.0. The minimum Gasteiger partial charge on any atom is -0.387 e. The molecule has 0 amide bonds. The summed E-state index contributed by atoms with van der Waals surface area (Å²) in [6, 6.07) is 10.4. The van der Waals surface area contributed by atoms with Crippen molar-refractivity contribution < 1.29 is 0 Å². The highest BCUT2D eigenvalue weighted by atomic mass is 32.1. The predicted octanol–water partition coefficient (Wildman–Crippen LogP) is 1.14. The van der Waals surface area contributed by atoms with Gasteiger partial charge in [0, 0.05) is 0 Å². The molecule has 0 spiro atoms. The van der Waals surface area contributed by atoms with Crippen LogP contribution in [0.3, 0.4) is 0 Å². The molecule has 5 nitrogen and oxygen atoms in total. The highest BCUT2D eigenvalue weighted by molar-refractivity contribution is 7.82. The first-order valence-electron chi connectivity index (χ1n) is 4.21. The van der Waals surface area contributed by atoms with E-state index in [1.807, 2.05) is 6.07 Å². The maximum Gasteiger partial charge on any atom is 0.194 e. The summed E-state index contributed by atoms with van der Waals surface area (Å²) in [5.74, 6) is 0. The SMILES string of the molecule is N#CC(=NNc1cccc(C#N)c1)C(N)=S. The first-order chi connectivity index (χ1) is 7.67. The molecule has 1 aromatic carbocycles. The van der Waals surface area contributed by atoms with E-state index in [0.717, 1.165) is 0 Å². The van der Waals surface area contributed by atoms with Crippen molar-refractivity contribution in [3.8, 4) is 12.1 Å². The van der Waals surface area contributed by atoms with Crippen molar-refractivity contribution in [2.75, 3.05) is 5.43 Å². The number of nitrogens with zero attached hydrogens (tertiary/aromatic N) is 3. The fourth-order valence-corrected chi connectivity index (χ4v) is 1.01. The number of thiocarbonyl (C=S) groups is 1. The molecule has 0 aromatic heterocycles. The third-order valence-electron chi connectivity index (χ3n) is 1.63. The minimum absolute atomic E-state index is 0.0580. The molecule has 0 fully saturated rings. The van der Waals surface area contributed by atoms with E-state index >= 15 is 0 Å². The van der Waals surface area contributed by atoms with Crippen LogP contribution in [0.2, 0.25) is 0 Å². The molecule has 0 unspecified atom stereocenters. The van der Waals surface area contributed by atoms with Gasteiger partial charge >= 0.3 is 0 Å². The van der Waals surface area contributed by atoms with E-state index in [4.69, 9.17) is 16.3 Å². The maximum absolute atomic E-state index is 8.67. The molecule has 0 bridgehead atoms. The van der Waals surface area contributed by atoms with Crippen LogP contribution in [-0.4, -0.2) is 10.7 Å². The first kappa shape index (κ1) is 11.6. The third-order valence-corrected chi connectivity index (χ3v) is 1.82. The maximum atomic E-state index is 8.67. The number of rotatable bonds is 3. The zero-order valence-corrected chi connectivity index (χ0v) is 8.95. The number of hydrogen-bond donors (Lipinski definition) is 2. The standard InChI is InChI=1S/C10H7N5S/c11-5-7-2-1-3-8(4-7)14-15-9(6-12)10(13)16/h1-4,14H,(H2,13,16). The van der Waals surface area contributed by atoms with Gasteiger partial charge in [-0.25, -0.2) is 0 Å². The Morgan fingerprint density at radius 3 is 2.75 bits per heavy atom. The number of nitriles is 2. The second-order valence-corrected chi connectivity index (χ2v) is 3.18. The van der Waals surface area contributed by atoms with E-state index in [-0.39, 0.29) is 10.7 Å². The van der Waals surface area contributed by atoms with Gasteiger partial charge in [-0.05, 0) is 18.2 Å². The molecule has 1 rings (SSSR count). The molecule has 3 N–H and O–H groups in total. The Morgan fingerprint density at radius 2 is 2.19 bits per heavy atom. The lowest BCUT2D eigenvalue weighted by Crippen LogP contribution is -2.20. The van der Waals surface area contributed by atoms with E-state index < -0.39 is 0 Å². The third kappa shape index (κ3) is 3.05. The van der Waals surface area contributed by atoms with Crippen LogP contribution in [0.15, 0.2) is 29.4 Å². The van der Waals surface area contributed by atoms with Crippen molar-refractivity contribution in [3.05, 3.63) is 29.8 Å². The van der Waals surface area contributed by atoms with Crippen LogP contribution >= 0.6 is 12.2 Å². The lowest BCUT2D eigenvalue weighted by molar-refractivity contribution is 1.34. The summed E-state index contributed by atoms with van der Waals surface area (Å²) < 4.78 is 0. The van der Waals surface area contributed by atoms with Gasteiger partial charge in [0.25, 0.3) is 0 Å².